The fourth-order valence-corrected chi connectivity index (χ4v) is 1.67. The van der Waals surface area contributed by atoms with Gasteiger partial charge in [0, 0.05) is 19.3 Å². The minimum Gasteiger partial charge on any atom is -0.388 e. The third-order valence-electron chi connectivity index (χ3n) is 2.51. The summed E-state index contributed by atoms with van der Waals surface area (Å²) in [4.78, 5) is 2.41. The van der Waals surface area contributed by atoms with E-state index in [0.29, 0.717) is 0 Å². The molecule has 1 aliphatic rings. The Hall–Kier alpha value is -1.52. The van der Waals surface area contributed by atoms with E-state index in [-0.39, 0.29) is 5.57 Å². The maximum atomic E-state index is 8.48. The number of rotatable bonds is 4. The van der Waals surface area contributed by atoms with Crippen LogP contribution in [-0.4, -0.2) is 31.1 Å². The van der Waals surface area contributed by atoms with Gasteiger partial charge >= 0.3 is 0 Å². The van der Waals surface area contributed by atoms with Gasteiger partial charge in [0.15, 0.2) is 0 Å². The van der Waals surface area contributed by atoms with E-state index < -0.39 is 0 Å². The van der Waals surface area contributed by atoms with Crippen molar-refractivity contribution in [3.8, 4) is 12.1 Å². The minimum atomic E-state index is 0.133. The maximum absolute atomic E-state index is 8.48. The third kappa shape index (κ3) is 4.49. The van der Waals surface area contributed by atoms with Crippen LogP contribution in [0.3, 0.4) is 0 Å². The molecule has 80 valence electrons. The molecule has 1 heterocycles. The van der Waals surface area contributed by atoms with Crippen LogP contribution in [0.15, 0.2) is 11.8 Å². The van der Waals surface area contributed by atoms with Crippen LogP contribution in [0.2, 0.25) is 0 Å². The highest BCUT2D eigenvalue weighted by Gasteiger charge is 2.08. The van der Waals surface area contributed by atoms with E-state index >= 15 is 0 Å². The highest BCUT2D eigenvalue weighted by molar-refractivity contribution is 5.34. The normalized spacial score (nSPS) is 16.1. The molecular formula is C11H16N4. The Morgan fingerprint density at radius 2 is 1.87 bits per heavy atom. The molecule has 1 aliphatic heterocycles. The Morgan fingerprint density at radius 1 is 1.20 bits per heavy atom. The summed E-state index contributed by atoms with van der Waals surface area (Å²) in [7, 11) is 0. The summed E-state index contributed by atoms with van der Waals surface area (Å²) >= 11 is 0. The van der Waals surface area contributed by atoms with Gasteiger partial charge in [-0.15, -0.1) is 0 Å². The first kappa shape index (κ1) is 11.6. The number of nitriles is 2. The molecule has 4 heteroatoms. The Bertz CT molecular complexity index is 273. The van der Waals surface area contributed by atoms with Crippen molar-refractivity contribution in [2.45, 2.75) is 19.3 Å². The van der Waals surface area contributed by atoms with Crippen LogP contribution >= 0.6 is 0 Å². The summed E-state index contributed by atoms with van der Waals surface area (Å²) in [6, 6.07) is 3.63. The lowest BCUT2D eigenvalue weighted by molar-refractivity contribution is 0.231. The topological polar surface area (TPSA) is 62.9 Å². The van der Waals surface area contributed by atoms with Crippen LogP contribution in [0.4, 0.5) is 0 Å². The molecule has 0 aromatic heterocycles. The Morgan fingerprint density at radius 3 is 2.47 bits per heavy atom. The van der Waals surface area contributed by atoms with Crippen molar-refractivity contribution in [3.05, 3.63) is 11.8 Å². The van der Waals surface area contributed by atoms with E-state index in [0.717, 1.165) is 13.1 Å². The Kier molecular flexibility index (Phi) is 5.29. The van der Waals surface area contributed by atoms with Crippen molar-refractivity contribution in [2.75, 3.05) is 26.2 Å². The number of likely N-dealkylation sites (tertiary alicyclic amines) is 1. The van der Waals surface area contributed by atoms with E-state index in [1.165, 1.54) is 38.6 Å². The van der Waals surface area contributed by atoms with Gasteiger partial charge in [0.2, 0.25) is 0 Å². The van der Waals surface area contributed by atoms with Gasteiger partial charge in [-0.3, -0.25) is 0 Å². The lowest BCUT2D eigenvalue weighted by atomic mass is 10.1. The minimum absolute atomic E-state index is 0.133. The van der Waals surface area contributed by atoms with Crippen LogP contribution in [0.5, 0.6) is 0 Å². The fourth-order valence-electron chi connectivity index (χ4n) is 1.67. The summed E-state index contributed by atoms with van der Waals surface area (Å²) in [5.41, 5.74) is 0.133. The zero-order chi connectivity index (χ0) is 10.9. The van der Waals surface area contributed by atoms with Gasteiger partial charge in [-0.2, -0.15) is 10.5 Å². The van der Waals surface area contributed by atoms with Crippen LogP contribution in [0, 0.1) is 22.7 Å². The molecular weight excluding hydrogens is 188 g/mol. The van der Waals surface area contributed by atoms with Gasteiger partial charge in [0.05, 0.1) is 0 Å². The van der Waals surface area contributed by atoms with Crippen LogP contribution in [-0.2, 0) is 0 Å². The largest absolute Gasteiger partial charge is 0.388 e. The number of hydrogen-bond donors (Lipinski definition) is 1. The zero-order valence-corrected chi connectivity index (χ0v) is 8.87. The van der Waals surface area contributed by atoms with Crippen molar-refractivity contribution in [1.82, 2.24) is 10.2 Å². The van der Waals surface area contributed by atoms with Gasteiger partial charge in [-0.05, 0) is 25.9 Å². The molecule has 0 aromatic carbocycles. The average Bonchev–Trinajstić information content (AvgIpc) is 2.31. The van der Waals surface area contributed by atoms with E-state index in [2.05, 4.69) is 10.2 Å². The van der Waals surface area contributed by atoms with E-state index in [4.69, 9.17) is 10.5 Å². The molecule has 0 radical (unpaired) electrons. The fraction of sp³-hybridized carbons (Fsp3) is 0.636. The third-order valence-corrected chi connectivity index (χ3v) is 2.51. The molecule has 0 atom stereocenters. The molecule has 1 saturated heterocycles. The molecule has 0 unspecified atom stereocenters. The van der Waals surface area contributed by atoms with Crippen molar-refractivity contribution in [1.29, 1.82) is 10.5 Å². The number of nitrogens with one attached hydrogen (secondary N) is 1. The predicted molar refractivity (Wildman–Crippen MR) is 57.6 cm³/mol. The molecule has 4 nitrogen and oxygen atoms in total. The molecule has 1 N–H and O–H groups in total. The van der Waals surface area contributed by atoms with Crippen LogP contribution < -0.4 is 5.32 Å². The second kappa shape index (κ2) is 6.86. The monoisotopic (exact) mass is 204 g/mol. The van der Waals surface area contributed by atoms with Crippen molar-refractivity contribution in [3.63, 3.8) is 0 Å². The molecule has 1 fully saturated rings. The van der Waals surface area contributed by atoms with Crippen molar-refractivity contribution >= 4 is 0 Å². The SMILES string of the molecule is N#CC(C#N)=CNCCN1CCCCC1. The number of piperidine rings is 1. The smallest absolute Gasteiger partial charge is 0.145 e. The molecule has 0 spiro atoms. The number of allylic oxidation sites excluding steroid dienone is 1. The van der Waals surface area contributed by atoms with Gasteiger partial charge in [0.25, 0.3) is 0 Å². The van der Waals surface area contributed by atoms with Gasteiger partial charge in [-0.25, -0.2) is 0 Å². The summed E-state index contributed by atoms with van der Waals surface area (Å²) in [5, 5.41) is 20.0. The van der Waals surface area contributed by atoms with E-state index in [9.17, 15) is 0 Å². The molecule has 15 heavy (non-hydrogen) atoms. The second-order valence-corrected chi connectivity index (χ2v) is 3.64. The molecule has 0 bridgehead atoms. The zero-order valence-electron chi connectivity index (χ0n) is 8.87. The average molecular weight is 204 g/mol. The number of hydrogen-bond acceptors (Lipinski definition) is 4. The van der Waals surface area contributed by atoms with Gasteiger partial charge in [0.1, 0.15) is 17.7 Å². The first-order valence-electron chi connectivity index (χ1n) is 5.33. The first-order chi connectivity index (χ1) is 7.36. The molecule has 0 amide bonds. The van der Waals surface area contributed by atoms with Gasteiger partial charge < -0.3 is 10.2 Å². The second-order valence-electron chi connectivity index (χ2n) is 3.64. The van der Waals surface area contributed by atoms with Crippen LogP contribution in [0.1, 0.15) is 19.3 Å². The maximum Gasteiger partial charge on any atom is 0.145 e. The molecule has 1 rings (SSSR count). The highest BCUT2D eigenvalue weighted by atomic mass is 15.1. The molecule has 0 saturated carbocycles. The van der Waals surface area contributed by atoms with Crippen molar-refractivity contribution in [2.24, 2.45) is 0 Å². The number of nitrogens with zero attached hydrogens (tertiary/aromatic N) is 3. The van der Waals surface area contributed by atoms with E-state index in [1.807, 2.05) is 12.1 Å². The Balaban J connectivity index is 2.14. The summed E-state index contributed by atoms with van der Waals surface area (Å²) in [6.07, 6.45) is 5.41. The van der Waals surface area contributed by atoms with Crippen molar-refractivity contribution < 1.29 is 0 Å². The molecule has 0 aromatic rings. The summed E-state index contributed by atoms with van der Waals surface area (Å²) in [5.74, 6) is 0. The van der Waals surface area contributed by atoms with E-state index in [1.54, 1.807) is 0 Å². The highest BCUT2D eigenvalue weighted by Crippen LogP contribution is 2.07. The standard InChI is InChI=1S/C11H16N4/c12-8-11(9-13)10-14-4-7-15-5-2-1-3-6-15/h10,14H,1-7H2. The first-order valence-corrected chi connectivity index (χ1v) is 5.33. The quantitative estimate of drug-likeness (QED) is 0.548. The molecule has 0 aliphatic carbocycles. The lowest BCUT2D eigenvalue weighted by Gasteiger charge is -2.26. The van der Waals surface area contributed by atoms with Gasteiger partial charge in [-0.1, -0.05) is 6.42 Å². The Labute approximate surface area is 90.8 Å². The summed E-state index contributed by atoms with van der Waals surface area (Å²) < 4.78 is 0. The predicted octanol–water partition coefficient (Wildman–Crippen LogP) is 0.993. The summed E-state index contributed by atoms with van der Waals surface area (Å²) in [6.45, 7) is 4.14. The van der Waals surface area contributed by atoms with Crippen LogP contribution in [0.25, 0.3) is 0 Å². The lowest BCUT2D eigenvalue weighted by Crippen LogP contribution is -2.34.